The predicted molar refractivity (Wildman–Crippen MR) is 143 cm³/mol. The fraction of sp³-hybridized carbons (Fsp3) is 0.250. The van der Waals surface area contributed by atoms with Gasteiger partial charge in [-0.2, -0.15) is 10.4 Å². The number of nitrogens with zero attached hydrogens (tertiary/aromatic N) is 7. The van der Waals surface area contributed by atoms with Crippen LogP contribution in [0.1, 0.15) is 22.6 Å². The van der Waals surface area contributed by atoms with Crippen molar-refractivity contribution >= 4 is 11.3 Å². The van der Waals surface area contributed by atoms with Crippen LogP contribution in [0, 0.1) is 18.3 Å². The zero-order chi connectivity index (χ0) is 25.9. The number of benzene rings is 1. The first-order chi connectivity index (χ1) is 18.7. The van der Waals surface area contributed by atoms with Crippen molar-refractivity contribution in [2.75, 3.05) is 31.6 Å². The van der Waals surface area contributed by atoms with E-state index in [4.69, 9.17) is 14.7 Å². The van der Waals surface area contributed by atoms with Crippen molar-refractivity contribution in [2.24, 2.45) is 0 Å². The van der Waals surface area contributed by atoms with E-state index in [-0.39, 0.29) is 0 Å². The number of imidazole rings is 1. The number of aromatic amines is 1. The number of aromatic nitrogens is 6. The van der Waals surface area contributed by atoms with Crippen molar-refractivity contribution in [1.82, 2.24) is 34.4 Å². The van der Waals surface area contributed by atoms with Crippen molar-refractivity contribution in [3.05, 3.63) is 83.7 Å². The Morgan fingerprint density at radius 3 is 2.79 bits per heavy atom. The molecule has 1 aliphatic rings. The Morgan fingerprint density at radius 1 is 1.08 bits per heavy atom. The van der Waals surface area contributed by atoms with E-state index in [1.807, 2.05) is 61.7 Å². The Kier molecular flexibility index (Phi) is 6.52. The van der Waals surface area contributed by atoms with Crippen LogP contribution in [0.3, 0.4) is 0 Å². The lowest BCUT2D eigenvalue weighted by Gasteiger charge is -2.27. The zero-order valence-corrected chi connectivity index (χ0v) is 21.1. The maximum absolute atomic E-state index is 9.77. The molecule has 5 aromatic rings. The summed E-state index contributed by atoms with van der Waals surface area (Å²) >= 11 is 0. The number of H-pyrrole nitrogens is 1. The molecule has 190 valence electrons. The number of aryl methyl sites for hydroxylation is 1. The maximum atomic E-state index is 9.77. The standard InChI is InChI=1S/C28H27N9O/c1-19-4-2-7-24(33-19)28-27(21-8-9-26-31-18-32-37(26)16-21)34-25(35-28)15-30-23-6-3-5-20(14-29)22(23)17-36-10-12-38-13-11-36/h2-9,16,18,30H,10-13,15,17H2,1H3,(H,34,35). The van der Waals surface area contributed by atoms with Gasteiger partial charge in [0.2, 0.25) is 0 Å². The first kappa shape index (κ1) is 23.8. The summed E-state index contributed by atoms with van der Waals surface area (Å²) in [5.74, 6) is 0.761. The number of rotatable bonds is 7. The molecule has 1 saturated heterocycles. The van der Waals surface area contributed by atoms with Gasteiger partial charge in [0.05, 0.1) is 48.5 Å². The molecule has 0 amide bonds. The Bertz CT molecular complexity index is 1630. The monoisotopic (exact) mass is 505 g/mol. The second-order valence-electron chi connectivity index (χ2n) is 9.24. The topological polar surface area (TPSA) is 120 Å². The molecule has 0 bridgehead atoms. The lowest BCUT2D eigenvalue weighted by molar-refractivity contribution is 0.0342. The summed E-state index contributed by atoms with van der Waals surface area (Å²) in [5, 5.41) is 17.6. The molecule has 0 saturated carbocycles. The molecule has 0 spiro atoms. The average Bonchev–Trinajstić information content (AvgIpc) is 3.60. The van der Waals surface area contributed by atoms with E-state index < -0.39 is 0 Å². The summed E-state index contributed by atoms with van der Waals surface area (Å²) in [6, 6.07) is 18.0. The highest BCUT2D eigenvalue weighted by atomic mass is 16.5. The minimum Gasteiger partial charge on any atom is -0.379 e. The van der Waals surface area contributed by atoms with E-state index >= 15 is 0 Å². The van der Waals surface area contributed by atoms with Gasteiger partial charge in [-0.05, 0) is 43.3 Å². The molecule has 6 rings (SSSR count). The first-order valence-corrected chi connectivity index (χ1v) is 12.6. The molecule has 0 radical (unpaired) electrons. The fourth-order valence-corrected chi connectivity index (χ4v) is 4.73. The predicted octanol–water partition coefficient (Wildman–Crippen LogP) is 3.81. The highest BCUT2D eigenvalue weighted by Gasteiger charge is 2.19. The van der Waals surface area contributed by atoms with E-state index in [0.29, 0.717) is 31.9 Å². The summed E-state index contributed by atoms with van der Waals surface area (Å²) < 4.78 is 7.23. The van der Waals surface area contributed by atoms with Crippen LogP contribution in [-0.4, -0.2) is 60.8 Å². The third-order valence-electron chi connectivity index (χ3n) is 6.67. The van der Waals surface area contributed by atoms with Gasteiger partial charge >= 0.3 is 0 Å². The molecule has 1 aliphatic heterocycles. The highest BCUT2D eigenvalue weighted by molar-refractivity contribution is 5.77. The van der Waals surface area contributed by atoms with Crippen molar-refractivity contribution in [2.45, 2.75) is 20.0 Å². The largest absolute Gasteiger partial charge is 0.379 e. The quantitative estimate of drug-likeness (QED) is 0.343. The van der Waals surface area contributed by atoms with Crippen LogP contribution in [0.5, 0.6) is 0 Å². The summed E-state index contributed by atoms with van der Waals surface area (Å²) in [6.07, 6.45) is 3.46. The molecule has 4 aromatic heterocycles. The highest BCUT2D eigenvalue weighted by Crippen LogP contribution is 2.30. The summed E-state index contributed by atoms with van der Waals surface area (Å²) in [4.78, 5) is 19.8. The van der Waals surface area contributed by atoms with Gasteiger partial charge in [0, 0.05) is 48.3 Å². The van der Waals surface area contributed by atoms with Gasteiger partial charge in [0.25, 0.3) is 0 Å². The summed E-state index contributed by atoms with van der Waals surface area (Å²) in [5.41, 5.74) is 7.63. The Labute approximate surface area is 220 Å². The van der Waals surface area contributed by atoms with Crippen LogP contribution in [0.15, 0.2) is 61.1 Å². The molecular weight excluding hydrogens is 478 g/mol. The number of fused-ring (bicyclic) bond motifs is 1. The number of hydrogen-bond donors (Lipinski definition) is 2. The number of nitrogens with one attached hydrogen (secondary N) is 2. The molecule has 0 aliphatic carbocycles. The summed E-state index contributed by atoms with van der Waals surface area (Å²) in [6.45, 7) is 6.24. The van der Waals surface area contributed by atoms with Crippen molar-refractivity contribution in [3.8, 4) is 28.7 Å². The molecule has 1 aromatic carbocycles. The van der Waals surface area contributed by atoms with E-state index in [2.05, 4.69) is 31.4 Å². The number of morpholine rings is 1. The zero-order valence-electron chi connectivity index (χ0n) is 21.1. The Balaban J connectivity index is 1.33. The maximum Gasteiger partial charge on any atom is 0.155 e. The van der Waals surface area contributed by atoms with E-state index in [9.17, 15) is 5.26 Å². The van der Waals surface area contributed by atoms with Crippen molar-refractivity contribution in [1.29, 1.82) is 5.26 Å². The number of pyridine rings is 2. The van der Waals surface area contributed by atoms with Crippen LogP contribution in [-0.2, 0) is 17.8 Å². The van der Waals surface area contributed by atoms with Crippen LogP contribution in [0.4, 0.5) is 5.69 Å². The molecule has 10 heteroatoms. The smallest absolute Gasteiger partial charge is 0.155 e. The van der Waals surface area contributed by atoms with E-state index in [1.165, 1.54) is 6.33 Å². The van der Waals surface area contributed by atoms with Crippen LogP contribution in [0.25, 0.3) is 28.3 Å². The Morgan fingerprint density at radius 2 is 1.95 bits per heavy atom. The minimum atomic E-state index is 0.454. The lowest BCUT2D eigenvalue weighted by atomic mass is 10.1. The van der Waals surface area contributed by atoms with Gasteiger partial charge in [-0.1, -0.05) is 12.1 Å². The normalized spacial score (nSPS) is 14.0. The van der Waals surface area contributed by atoms with Crippen molar-refractivity contribution in [3.63, 3.8) is 0 Å². The summed E-state index contributed by atoms with van der Waals surface area (Å²) in [7, 11) is 0. The average molecular weight is 506 g/mol. The second kappa shape index (κ2) is 10.4. The molecule has 2 N–H and O–H groups in total. The van der Waals surface area contributed by atoms with Gasteiger partial charge < -0.3 is 15.0 Å². The van der Waals surface area contributed by atoms with Crippen LogP contribution < -0.4 is 5.32 Å². The van der Waals surface area contributed by atoms with Crippen LogP contribution in [0.2, 0.25) is 0 Å². The number of nitriles is 1. The molecule has 0 unspecified atom stereocenters. The number of ether oxygens (including phenoxy) is 1. The van der Waals surface area contributed by atoms with Gasteiger partial charge in [-0.15, -0.1) is 0 Å². The van der Waals surface area contributed by atoms with E-state index in [0.717, 1.165) is 64.2 Å². The number of anilines is 1. The van der Waals surface area contributed by atoms with Gasteiger partial charge in [-0.25, -0.2) is 14.5 Å². The van der Waals surface area contributed by atoms with Gasteiger partial charge in [0.1, 0.15) is 12.2 Å². The third-order valence-corrected chi connectivity index (χ3v) is 6.67. The Hall–Kier alpha value is -4.59. The molecular formula is C28H27N9O. The van der Waals surface area contributed by atoms with E-state index in [1.54, 1.807) is 4.52 Å². The first-order valence-electron chi connectivity index (χ1n) is 12.6. The third kappa shape index (κ3) is 4.85. The molecule has 0 atom stereocenters. The molecule has 1 fully saturated rings. The van der Waals surface area contributed by atoms with Gasteiger partial charge in [-0.3, -0.25) is 9.88 Å². The fourth-order valence-electron chi connectivity index (χ4n) is 4.73. The second-order valence-corrected chi connectivity index (χ2v) is 9.24. The van der Waals surface area contributed by atoms with Crippen LogP contribution >= 0.6 is 0 Å². The SMILES string of the molecule is Cc1cccc(-c2[nH]c(CNc3cccc(C#N)c3CN3CCOCC3)nc2-c2ccc3ncnn3c2)n1. The van der Waals surface area contributed by atoms with Gasteiger partial charge in [0.15, 0.2) is 5.65 Å². The molecule has 10 nitrogen and oxygen atoms in total. The van der Waals surface area contributed by atoms with Crippen molar-refractivity contribution < 1.29 is 4.74 Å². The molecule has 5 heterocycles. The molecule has 38 heavy (non-hydrogen) atoms. The lowest BCUT2D eigenvalue weighted by Crippen LogP contribution is -2.36. The minimum absolute atomic E-state index is 0.454. The number of hydrogen-bond acceptors (Lipinski definition) is 8.